The van der Waals surface area contributed by atoms with E-state index in [1.165, 1.54) is 4.90 Å². The van der Waals surface area contributed by atoms with Crippen molar-refractivity contribution in [2.75, 3.05) is 13.1 Å². The number of rotatable bonds is 7. The highest BCUT2D eigenvalue weighted by Crippen LogP contribution is 2.53. The second-order valence-electron chi connectivity index (χ2n) is 10.3. The molecule has 220 valence electrons. The predicted molar refractivity (Wildman–Crippen MR) is 128 cm³/mol. The van der Waals surface area contributed by atoms with Crippen molar-refractivity contribution >= 4 is 23.2 Å². The first-order valence-electron chi connectivity index (χ1n) is 12.3. The lowest BCUT2D eigenvalue weighted by atomic mass is 9.79. The molecule has 1 aliphatic carbocycles. The number of nitrogens with one attached hydrogen (secondary N) is 1. The molecule has 2 aliphatic rings. The van der Waals surface area contributed by atoms with Crippen LogP contribution in [0.5, 0.6) is 0 Å². The molecule has 2 fully saturated rings. The monoisotopic (exact) mass is 599 g/mol. The molecule has 2 aromatic rings. The van der Waals surface area contributed by atoms with Gasteiger partial charge in [0.25, 0.3) is 18.2 Å². The van der Waals surface area contributed by atoms with Gasteiger partial charge < -0.3 is 15.3 Å². The predicted octanol–water partition coefficient (Wildman–Crippen LogP) is 6.01. The van der Waals surface area contributed by atoms with Crippen molar-refractivity contribution in [1.29, 1.82) is 0 Å². The highest BCUT2D eigenvalue weighted by Gasteiger charge is 2.68. The van der Waals surface area contributed by atoms with Crippen LogP contribution in [0.1, 0.15) is 77.4 Å². The first kappa shape index (κ1) is 30.2. The van der Waals surface area contributed by atoms with E-state index in [9.17, 15) is 49.8 Å². The summed E-state index contributed by atoms with van der Waals surface area (Å²) in [5.41, 5.74) is -9.09. The van der Waals surface area contributed by atoms with Crippen molar-refractivity contribution in [3.63, 3.8) is 0 Å². The summed E-state index contributed by atoms with van der Waals surface area (Å²) < 4.78 is 110. The lowest BCUT2D eigenvalue weighted by molar-refractivity contribution is -0.297. The number of amides is 2. The van der Waals surface area contributed by atoms with Crippen molar-refractivity contribution in [3.05, 3.63) is 40.0 Å². The quantitative estimate of drug-likeness (QED) is 0.382. The lowest BCUT2D eigenvalue weighted by Crippen LogP contribution is -2.51. The Labute approximate surface area is 227 Å². The Bertz CT molecular complexity index is 1290. The van der Waals surface area contributed by atoms with Gasteiger partial charge in [0, 0.05) is 30.3 Å². The number of benzene rings is 1. The van der Waals surface area contributed by atoms with Crippen LogP contribution >= 0.6 is 11.3 Å². The molecule has 6 nitrogen and oxygen atoms in total. The molecule has 0 bridgehead atoms. The van der Waals surface area contributed by atoms with Crippen LogP contribution in [0.3, 0.4) is 0 Å². The number of aromatic nitrogens is 1. The van der Waals surface area contributed by atoms with Gasteiger partial charge in [0.15, 0.2) is 10.4 Å². The number of thiazole rings is 1. The Morgan fingerprint density at radius 1 is 1.18 bits per heavy atom. The first-order chi connectivity index (χ1) is 18.4. The largest absolute Gasteiger partial charge is 0.406 e. The molecule has 2 heterocycles. The molecule has 1 atom stereocenters. The Kier molecular flexibility index (Phi) is 7.71. The van der Waals surface area contributed by atoms with Gasteiger partial charge in [-0.05, 0) is 51.2 Å². The topological polar surface area (TPSA) is 82.5 Å². The van der Waals surface area contributed by atoms with Gasteiger partial charge in [-0.1, -0.05) is 12.1 Å². The molecule has 1 aliphatic heterocycles. The number of carbonyl (C=O) groups excluding carboxylic acids is 2. The maximum absolute atomic E-state index is 14.2. The number of likely N-dealkylation sites (tertiary alicyclic amines) is 1. The van der Waals surface area contributed by atoms with Gasteiger partial charge in [-0.2, -0.15) is 26.3 Å². The van der Waals surface area contributed by atoms with Gasteiger partial charge in [-0.3, -0.25) is 9.59 Å². The number of hydrogen-bond donors (Lipinski definition) is 2. The van der Waals surface area contributed by atoms with Gasteiger partial charge >= 0.3 is 12.4 Å². The van der Waals surface area contributed by atoms with E-state index < -0.39 is 64.0 Å². The maximum Gasteiger partial charge on any atom is 0.406 e. The third kappa shape index (κ3) is 5.41. The zero-order chi connectivity index (χ0) is 29.8. The van der Waals surface area contributed by atoms with Crippen molar-refractivity contribution in [3.8, 4) is 10.4 Å². The van der Waals surface area contributed by atoms with Crippen LogP contribution in [0.15, 0.2) is 18.2 Å². The number of alkyl halides is 8. The van der Waals surface area contributed by atoms with Crippen LogP contribution in [0, 0.1) is 0 Å². The molecule has 0 radical (unpaired) electrons. The summed E-state index contributed by atoms with van der Waals surface area (Å²) in [5.74, 6) is -1.53. The molecule has 1 aromatic carbocycles. The van der Waals surface area contributed by atoms with Gasteiger partial charge in [0.2, 0.25) is 0 Å². The van der Waals surface area contributed by atoms with Crippen LogP contribution in [-0.4, -0.2) is 63.9 Å². The Hall–Kier alpha value is -2.81. The van der Waals surface area contributed by atoms with Crippen LogP contribution in [-0.2, 0) is 5.41 Å². The molecular formula is C25H25F8N3O3S. The molecular weight excluding hydrogens is 574 g/mol. The van der Waals surface area contributed by atoms with E-state index in [0.29, 0.717) is 55.7 Å². The third-order valence-corrected chi connectivity index (χ3v) is 8.57. The Morgan fingerprint density at radius 3 is 2.30 bits per heavy atom. The smallest absolute Gasteiger partial charge is 0.388 e. The van der Waals surface area contributed by atoms with Gasteiger partial charge in [0.05, 0.1) is 10.5 Å². The summed E-state index contributed by atoms with van der Waals surface area (Å²) in [7, 11) is 0. The SMILES string of the molecule is C[C@H]1CCCN1C(=O)c1nc(C(=O)NCC2(O)CC2)sc1-c1ccc(C(C)(C(F)(F)F)C(F)(F)F)cc1C(F)F. The second kappa shape index (κ2) is 10.2. The summed E-state index contributed by atoms with van der Waals surface area (Å²) >= 11 is 0.506. The van der Waals surface area contributed by atoms with E-state index in [0.717, 1.165) is 0 Å². The minimum Gasteiger partial charge on any atom is -0.388 e. The van der Waals surface area contributed by atoms with E-state index in [2.05, 4.69) is 10.3 Å². The molecule has 1 saturated carbocycles. The standard InChI is InChI=1S/C25H25F8N3O3S/c1-12-4-3-9-36(12)21(38)16-17(40-20(35-16)19(37)34-11-23(39)7-8-23)14-6-5-13(10-15(14)18(26)27)22(2,24(28,29)30)25(31,32)33/h5-6,10,12,18,39H,3-4,7-9,11H2,1-2H3,(H,34,37)/t12-/m0/s1. The molecule has 0 spiro atoms. The maximum atomic E-state index is 14.2. The number of hydrogen-bond acceptors (Lipinski definition) is 5. The minimum atomic E-state index is -5.86. The molecule has 2 amide bonds. The van der Waals surface area contributed by atoms with Crippen molar-refractivity contribution in [2.24, 2.45) is 0 Å². The molecule has 2 N–H and O–H groups in total. The third-order valence-electron chi connectivity index (χ3n) is 7.49. The number of nitrogens with zero attached hydrogens (tertiary/aromatic N) is 2. The average molecular weight is 600 g/mol. The highest BCUT2D eigenvalue weighted by atomic mass is 32.1. The fourth-order valence-electron chi connectivity index (χ4n) is 4.51. The van der Waals surface area contributed by atoms with E-state index in [1.807, 2.05) is 0 Å². The van der Waals surface area contributed by atoms with E-state index in [4.69, 9.17) is 0 Å². The number of halogens is 8. The van der Waals surface area contributed by atoms with Gasteiger partial charge in [-0.15, -0.1) is 11.3 Å². The van der Waals surface area contributed by atoms with E-state index in [-0.39, 0.29) is 35.5 Å². The minimum absolute atomic E-state index is 0.127. The molecule has 40 heavy (non-hydrogen) atoms. The average Bonchev–Trinajstić information content (AvgIpc) is 3.24. The zero-order valence-corrected chi connectivity index (χ0v) is 22.0. The first-order valence-corrected chi connectivity index (χ1v) is 13.1. The van der Waals surface area contributed by atoms with Crippen molar-refractivity contribution in [1.82, 2.24) is 15.2 Å². The van der Waals surface area contributed by atoms with Gasteiger partial charge in [0.1, 0.15) is 5.69 Å². The number of carbonyl (C=O) groups is 2. The van der Waals surface area contributed by atoms with Crippen LogP contribution < -0.4 is 5.32 Å². The lowest BCUT2D eigenvalue weighted by Gasteiger charge is -2.34. The van der Waals surface area contributed by atoms with E-state index in [1.54, 1.807) is 6.92 Å². The fraction of sp³-hybridized carbons (Fsp3) is 0.560. The summed E-state index contributed by atoms with van der Waals surface area (Å²) in [6.45, 7) is 1.79. The Morgan fingerprint density at radius 2 is 1.80 bits per heavy atom. The summed E-state index contributed by atoms with van der Waals surface area (Å²) in [6, 6.07) is 0.991. The van der Waals surface area contributed by atoms with Crippen molar-refractivity contribution < 1.29 is 49.8 Å². The van der Waals surface area contributed by atoms with Gasteiger partial charge in [-0.25, -0.2) is 13.8 Å². The fourth-order valence-corrected chi connectivity index (χ4v) is 5.53. The highest BCUT2D eigenvalue weighted by molar-refractivity contribution is 7.17. The normalized spacial score (nSPS) is 19.3. The molecule has 15 heteroatoms. The number of aliphatic hydroxyl groups is 1. The van der Waals surface area contributed by atoms with Crippen molar-refractivity contribution in [2.45, 2.75) is 75.4 Å². The van der Waals surface area contributed by atoms with Crippen LogP contribution in [0.25, 0.3) is 10.4 Å². The summed E-state index contributed by atoms with van der Waals surface area (Å²) in [5, 5.41) is 12.1. The molecule has 0 unspecified atom stereocenters. The molecule has 1 aromatic heterocycles. The van der Waals surface area contributed by atoms with Crippen LogP contribution in [0.4, 0.5) is 35.1 Å². The Balaban J connectivity index is 1.84. The van der Waals surface area contributed by atoms with Crippen LogP contribution in [0.2, 0.25) is 0 Å². The zero-order valence-electron chi connectivity index (χ0n) is 21.2. The molecule has 4 rings (SSSR count). The second-order valence-corrected chi connectivity index (χ2v) is 11.3. The van der Waals surface area contributed by atoms with E-state index >= 15 is 0 Å². The summed E-state index contributed by atoms with van der Waals surface area (Å²) in [4.78, 5) is 31.3. The summed E-state index contributed by atoms with van der Waals surface area (Å²) in [6.07, 6.45) is -13.1. The molecule has 1 saturated heterocycles.